The Labute approximate surface area is 125 Å². The zero-order valence-corrected chi connectivity index (χ0v) is 12.0. The molecule has 3 aromatic rings. The maximum Gasteiger partial charge on any atom is 0.253 e. The minimum absolute atomic E-state index is 0.117. The number of pyridine rings is 1. The minimum Gasteiger partial charge on any atom is -0.480 e. The van der Waals surface area contributed by atoms with Crippen LogP contribution in [0.15, 0.2) is 34.9 Å². The smallest absolute Gasteiger partial charge is 0.253 e. The second-order valence-corrected chi connectivity index (χ2v) is 4.67. The first kappa shape index (κ1) is 13.8. The maximum atomic E-state index is 6.17. The summed E-state index contributed by atoms with van der Waals surface area (Å²) in [5.74, 6) is 1.26. The highest BCUT2D eigenvalue weighted by molar-refractivity contribution is 6.33. The number of methoxy groups -OCH3 is 1. The zero-order chi connectivity index (χ0) is 14.7. The number of fused-ring (bicyclic) bond motifs is 1. The lowest BCUT2D eigenvalue weighted by atomic mass is 10.2. The summed E-state index contributed by atoms with van der Waals surface area (Å²) in [4.78, 5) is 4.29. The van der Waals surface area contributed by atoms with E-state index < -0.39 is 0 Å². The lowest BCUT2D eigenvalue weighted by molar-refractivity contribution is 0.154. The molecule has 1 aromatic carbocycles. The van der Waals surface area contributed by atoms with Crippen LogP contribution in [0.3, 0.4) is 0 Å². The molecule has 21 heavy (non-hydrogen) atoms. The molecule has 108 valence electrons. The van der Waals surface area contributed by atoms with Gasteiger partial charge in [-0.2, -0.15) is 0 Å². The standard InChI is InChI=1S/C14H12ClN3O3/c1-19-7-11-17-18-12(21-11)8-20-14-10(15)5-4-9-3-2-6-16-13(9)14/h2-6H,7-8H2,1H3. The van der Waals surface area contributed by atoms with Gasteiger partial charge in [0.25, 0.3) is 5.89 Å². The molecule has 0 aliphatic rings. The number of halogens is 1. The van der Waals surface area contributed by atoms with Crippen molar-refractivity contribution in [1.82, 2.24) is 15.2 Å². The monoisotopic (exact) mass is 305 g/mol. The average Bonchev–Trinajstić information content (AvgIpc) is 2.94. The molecule has 0 aliphatic carbocycles. The predicted molar refractivity (Wildman–Crippen MR) is 76.1 cm³/mol. The molecule has 0 unspecified atom stereocenters. The summed E-state index contributed by atoms with van der Waals surface area (Å²) in [6, 6.07) is 7.45. The number of rotatable bonds is 5. The van der Waals surface area contributed by atoms with Gasteiger partial charge >= 0.3 is 0 Å². The quantitative estimate of drug-likeness (QED) is 0.721. The summed E-state index contributed by atoms with van der Waals surface area (Å²) in [5, 5.41) is 9.14. The molecule has 2 aromatic heterocycles. The number of ether oxygens (including phenoxy) is 2. The molecule has 3 rings (SSSR count). The molecule has 0 spiro atoms. The minimum atomic E-state index is 0.117. The van der Waals surface area contributed by atoms with E-state index in [0.29, 0.717) is 28.1 Å². The van der Waals surface area contributed by atoms with Gasteiger partial charge in [-0.05, 0) is 12.1 Å². The highest BCUT2D eigenvalue weighted by atomic mass is 35.5. The van der Waals surface area contributed by atoms with E-state index in [-0.39, 0.29) is 13.2 Å². The van der Waals surface area contributed by atoms with Crippen LogP contribution in [0.2, 0.25) is 5.02 Å². The largest absolute Gasteiger partial charge is 0.480 e. The molecule has 0 bridgehead atoms. The lowest BCUT2D eigenvalue weighted by Gasteiger charge is -2.08. The Balaban J connectivity index is 1.82. The van der Waals surface area contributed by atoms with Gasteiger partial charge in [0.05, 0.1) is 5.02 Å². The first-order valence-corrected chi connectivity index (χ1v) is 6.62. The van der Waals surface area contributed by atoms with Crippen LogP contribution in [0.5, 0.6) is 5.75 Å². The molecule has 0 fully saturated rings. The van der Waals surface area contributed by atoms with Gasteiger partial charge in [-0.15, -0.1) is 10.2 Å². The fourth-order valence-electron chi connectivity index (χ4n) is 1.89. The zero-order valence-electron chi connectivity index (χ0n) is 11.2. The van der Waals surface area contributed by atoms with Crippen LogP contribution in [-0.4, -0.2) is 22.3 Å². The maximum absolute atomic E-state index is 6.17. The van der Waals surface area contributed by atoms with Crippen molar-refractivity contribution in [3.8, 4) is 5.75 Å². The van der Waals surface area contributed by atoms with Crippen molar-refractivity contribution < 1.29 is 13.9 Å². The normalized spacial score (nSPS) is 11.0. The summed E-state index contributed by atoms with van der Waals surface area (Å²) in [5.41, 5.74) is 0.696. The van der Waals surface area contributed by atoms with E-state index in [2.05, 4.69) is 15.2 Å². The van der Waals surface area contributed by atoms with Crippen molar-refractivity contribution in [3.05, 3.63) is 47.3 Å². The number of benzene rings is 1. The molecule has 0 saturated heterocycles. The highest BCUT2D eigenvalue weighted by Crippen LogP contribution is 2.32. The second-order valence-electron chi connectivity index (χ2n) is 4.26. The third kappa shape index (κ3) is 2.96. The van der Waals surface area contributed by atoms with Gasteiger partial charge in [0.1, 0.15) is 12.1 Å². The summed E-state index contributed by atoms with van der Waals surface area (Å²) in [6.45, 7) is 0.385. The number of nitrogens with zero attached hydrogens (tertiary/aromatic N) is 3. The molecule has 2 heterocycles. The van der Waals surface area contributed by atoms with Crippen LogP contribution in [-0.2, 0) is 18.0 Å². The number of hydrogen-bond donors (Lipinski definition) is 0. The Morgan fingerprint density at radius 2 is 1.95 bits per heavy atom. The van der Waals surface area contributed by atoms with E-state index >= 15 is 0 Å². The third-order valence-corrected chi connectivity index (χ3v) is 3.09. The van der Waals surface area contributed by atoms with E-state index in [1.54, 1.807) is 19.4 Å². The molecule has 0 atom stereocenters. The van der Waals surface area contributed by atoms with E-state index in [0.717, 1.165) is 5.39 Å². The van der Waals surface area contributed by atoms with Gasteiger partial charge < -0.3 is 13.9 Å². The molecule has 0 N–H and O–H groups in total. The van der Waals surface area contributed by atoms with E-state index in [1.165, 1.54) is 0 Å². The Kier molecular flexibility index (Phi) is 3.98. The van der Waals surface area contributed by atoms with Crippen LogP contribution >= 0.6 is 11.6 Å². The van der Waals surface area contributed by atoms with Gasteiger partial charge in [-0.1, -0.05) is 23.7 Å². The van der Waals surface area contributed by atoms with E-state index in [1.807, 2.05) is 18.2 Å². The lowest BCUT2D eigenvalue weighted by Crippen LogP contribution is -1.98. The van der Waals surface area contributed by atoms with Crippen molar-refractivity contribution in [2.45, 2.75) is 13.2 Å². The molecule has 0 amide bonds. The van der Waals surface area contributed by atoms with Crippen molar-refractivity contribution >= 4 is 22.5 Å². The topological polar surface area (TPSA) is 70.3 Å². The fraction of sp³-hybridized carbons (Fsp3) is 0.214. The van der Waals surface area contributed by atoms with Crippen molar-refractivity contribution in [2.24, 2.45) is 0 Å². The molecular formula is C14H12ClN3O3. The van der Waals surface area contributed by atoms with Crippen LogP contribution in [0.4, 0.5) is 0 Å². The Morgan fingerprint density at radius 1 is 1.14 bits per heavy atom. The first-order chi connectivity index (χ1) is 10.3. The van der Waals surface area contributed by atoms with Crippen LogP contribution in [0, 0.1) is 0 Å². The summed E-state index contributed by atoms with van der Waals surface area (Å²) < 4.78 is 16.0. The molecule has 0 aliphatic heterocycles. The van der Waals surface area contributed by atoms with Gasteiger partial charge in [-0.25, -0.2) is 0 Å². The molecule has 0 saturated carbocycles. The Hall–Kier alpha value is -2.18. The van der Waals surface area contributed by atoms with Crippen molar-refractivity contribution in [1.29, 1.82) is 0 Å². The summed E-state index contributed by atoms with van der Waals surface area (Å²) in [7, 11) is 1.56. The fourth-order valence-corrected chi connectivity index (χ4v) is 2.10. The predicted octanol–water partition coefficient (Wildman–Crippen LogP) is 3.00. The molecule has 0 radical (unpaired) electrons. The van der Waals surface area contributed by atoms with Gasteiger partial charge in [0.2, 0.25) is 5.89 Å². The van der Waals surface area contributed by atoms with Crippen LogP contribution in [0.25, 0.3) is 10.9 Å². The first-order valence-electron chi connectivity index (χ1n) is 6.24. The molecule has 7 heteroatoms. The van der Waals surface area contributed by atoms with Crippen molar-refractivity contribution in [2.75, 3.05) is 7.11 Å². The van der Waals surface area contributed by atoms with E-state index in [4.69, 9.17) is 25.5 Å². The number of hydrogen-bond acceptors (Lipinski definition) is 6. The molecular weight excluding hydrogens is 294 g/mol. The highest BCUT2D eigenvalue weighted by Gasteiger charge is 2.11. The summed E-state index contributed by atoms with van der Waals surface area (Å²) in [6.07, 6.45) is 1.69. The molecule has 6 nitrogen and oxygen atoms in total. The summed E-state index contributed by atoms with van der Waals surface area (Å²) >= 11 is 6.17. The van der Waals surface area contributed by atoms with Gasteiger partial charge in [-0.3, -0.25) is 4.98 Å². The second kappa shape index (κ2) is 6.07. The van der Waals surface area contributed by atoms with Gasteiger partial charge in [0.15, 0.2) is 12.4 Å². The third-order valence-electron chi connectivity index (χ3n) is 2.80. The van der Waals surface area contributed by atoms with Crippen LogP contribution < -0.4 is 4.74 Å². The average molecular weight is 306 g/mol. The number of aromatic nitrogens is 3. The Bertz CT molecular complexity index is 760. The van der Waals surface area contributed by atoms with Gasteiger partial charge in [0, 0.05) is 18.7 Å². The Morgan fingerprint density at radius 3 is 2.76 bits per heavy atom. The van der Waals surface area contributed by atoms with Crippen LogP contribution in [0.1, 0.15) is 11.8 Å². The van der Waals surface area contributed by atoms with Crippen molar-refractivity contribution in [3.63, 3.8) is 0 Å². The van der Waals surface area contributed by atoms with E-state index in [9.17, 15) is 0 Å². The SMILES string of the molecule is COCc1nnc(COc2c(Cl)ccc3cccnc23)o1.